The molecular formula is C43H55F2N7O2. The number of nitrogens with zero attached hydrogens (tertiary/aromatic N) is 5. The van der Waals surface area contributed by atoms with Crippen molar-refractivity contribution in [2.24, 2.45) is 12.5 Å². The smallest absolute Gasteiger partial charge is 0.264 e. The Labute approximate surface area is 318 Å². The minimum atomic E-state index is -2.67. The molecule has 8 rings (SSSR count). The highest BCUT2D eigenvalue weighted by Crippen LogP contribution is 2.53. The molecule has 1 spiro atoms. The van der Waals surface area contributed by atoms with E-state index in [1.807, 2.05) is 11.0 Å². The number of amides is 1. The van der Waals surface area contributed by atoms with Crippen LogP contribution in [0.25, 0.3) is 11.1 Å². The molecule has 2 N–H and O–H groups in total. The van der Waals surface area contributed by atoms with Crippen LogP contribution in [0.2, 0.25) is 0 Å². The van der Waals surface area contributed by atoms with Gasteiger partial charge in [-0.3, -0.25) is 14.9 Å². The Bertz CT molecular complexity index is 1880. The van der Waals surface area contributed by atoms with Crippen molar-refractivity contribution in [3.63, 3.8) is 0 Å². The van der Waals surface area contributed by atoms with Crippen molar-refractivity contribution in [3.8, 4) is 16.9 Å². The van der Waals surface area contributed by atoms with Crippen molar-refractivity contribution in [1.82, 2.24) is 24.9 Å². The zero-order chi connectivity index (χ0) is 37.6. The summed E-state index contributed by atoms with van der Waals surface area (Å²) in [5.41, 5.74) is 6.27. The molecule has 1 saturated heterocycles. The number of alkyl halides is 2. The third-order valence-corrected chi connectivity index (χ3v) is 13.1. The van der Waals surface area contributed by atoms with Gasteiger partial charge in [0.05, 0.1) is 18.8 Å². The third-order valence-electron chi connectivity index (χ3n) is 13.1. The van der Waals surface area contributed by atoms with Crippen molar-refractivity contribution in [2.75, 3.05) is 37.6 Å². The number of anilines is 1. The quantitative estimate of drug-likeness (QED) is 0.181. The molecule has 54 heavy (non-hydrogen) atoms. The van der Waals surface area contributed by atoms with E-state index in [1.165, 1.54) is 44.1 Å². The number of hydrogen-bond acceptors (Lipinski definition) is 6. The summed E-state index contributed by atoms with van der Waals surface area (Å²) in [6.45, 7) is 7.32. The third kappa shape index (κ3) is 7.53. The van der Waals surface area contributed by atoms with E-state index in [1.54, 1.807) is 42.0 Å². The summed E-state index contributed by atoms with van der Waals surface area (Å²) in [5.74, 6) is 1.28. The van der Waals surface area contributed by atoms with Crippen molar-refractivity contribution in [3.05, 3.63) is 76.8 Å². The number of likely N-dealkylation sites (tertiary alicyclic amines) is 1. The number of ether oxygens (including phenoxy) is 1. The van der Waals surface area contributed by atoms with Gasteiger partial charge in [-0.05, 0) is 112 Å². The van der Waals surface area contributed by atoms with Crippen LogP contribution in [0.4, 0.5) is 14.5 Å². The Balaban J connectivity index is 0.912. The average molecular weight is 740 g/mol. The van der Waals surface area contributed by atoms with E-state index >= 15 is 0 Å². The molecule has 0 radical (unpaired) electrons. The Morgan fingerprint density at radius 3 is 2.43 bits per heavy atom. The lowest BCUT2D eigenvalue weighted by molar-refractivity contribution is -0.128. The summed E-state index contributed by atoms with van der Waals surface area (Å²) in [6, 6.07) is 12.8. The monoisotopic (exact) mass is 739 g/mol. The lowest BCUT2D eigenvalue weighted by Crippen LogP contribution is -2.52. The molecule has 11 heteroatoms. The Kier molecular flexibility index (Phi) is 10.3. The fraction of sp³-hybridized carbons (Fsp3) is 0.558. The van der Waals surface area contributed by atoms with E-state index in [4.69, 9.17) is 4.74 Å². The van der Waals surface area contributed by atoms with Crippen molar-refractivity contribution >= 4 is 17.4 Å². The molecule has 2 aliphatic carbocycles. The van der Waals surface area contributed by atoms with E-state index in [0.29, 0.717) is 72.3 Å². The number of hydrogen-bond donors (Lipinski definition) is 2. The Morgan fingerprint density at radius 2 is 1.76 bits per heavy atom. The molecule has 3 fully saturated rings. The summed E-state index contributed by atoms with van der Waals surface area (Å²) in [5, 5.41) is 17.6. The number of piperidine rings is 1. The number of aryl methyl sites for hydroxylation is 3. The van der Waals surface area contributed by atoms with Crippen LogP contribution < -0.4 is 15.0 Å². The number of amidine groups is 1. The summed E-state index contributed by atoms with van der Waals surface area (Å²) >= 11 is 0. The lowest BCUT2D eigenvalue weighted by Gasteiger charge is -2.53. The first-order valence-corrected chi connectivity index (χ1v) is 20.1. The van der Waals surface area contributed by atoms with Gasteiger partial charge in [-0.1, -0.05) is 17.7 Å². The van der Waals surface area contributed by atoms with Gasteiger partial charge in [0, 0.05) is 92.9 Å². The number of aromatic nitrogens is 2. The van der Waals surface area contributed by atoms with E-state index in [2.05, 4.69) is 46.5 Å². The molecular weight excluding hydrogens is 685 g/mol. The number of halogens is 2. The van der Waals surface area contributed by atoms with Crippen LogP contribution in [0.5, 0.6) is 5.75 Å². The van der Waals surface area contributed by atoms with Gasteiger partial charge >= 0.3 is 0 Å². The van der Waals surface area contributed by atoms with Crippen LogP contribution >= 0.6 is 0 Å². The summed E-state index contributed by atoms with van der Waals surface area (Å²) in [7, 11) is 1.78. The van der Waals surface area contributed by atoms with Crippen LogP contribution in [0.3, 0.4) is 0 Å². The van der Waals surface area contributed by atoms with E-state index in [-0.39, 0.29) is 11.5 Å². The molecule has 0 unspecified atom stereocenters. The fourth-order valence-corrected chi connectivity index (χ4v) is 9.89. The Morgan fingerprint density at radius 1 is 1.02 bits per heavy atom. The molecule has 1 amide bonds. The molecule has 9 nitrogen and oxygen atoms in total. The number of carbonyl (C=O) groups is 1. The molecule has 5 aliphatic rings. The summed E-state index contributed by atoms with van der Waals surface area (Å²) in [4.78, 5) is 19.0. The molecule has 4 heterocycles. The van der Waals surface area contributed by atoms with E-state index in [0.717, 1.165) is 61.4 Å². The predicted octanol–water partition coefficient (Wildman–Crippen LogP) is 7.79. The number of benzene rings is 2. The van der Waals surface area contributed by atoms with Crippen molar-refractivity contribution in [1.29, 1.82) is 5.41 Å². The normalized spacial score (nSPS) is 25.1. The SMILES string of the molecule is CC(=O)N1CCC(NC2CCN(C3CCC4(CC3)CC(Oc3ccc(C)cc3)C4)CC2)=C(C(=N)N2CCCc3cc(-c4cnn(C)c4)c(C(F)F)cc32)C1. The molecule has 2 saturated carbocycles. The van der Waals surface area contributed by atoms with Crippen molar-refractivity contribution < 1.29 is 18.3 Å². The highest BCUT2D eigenvalue weighted by molar-refractivity contribution is 6.09. The van der Waals surface area contributed by atoms with Crippen LogP contribution in [0.1, 0.15) is 94.2 Å². The molecule has 288 valence electrons. The first-order valence-electron chi connectivity index (χ1n) is 20.1. The van der Waals surface area contributed by atoms with Gasteiger partial charge in [0.1, 0.15) is 11.6 Å². The highest BCUT2D eigenvalue weighted by atomic mass is 19.3. The van der Waals surface area contributed by atoms with Gasteiger partial charge < -0.3 is 24.8 Å². The number of rotatable bonds is 8. The second-order valence-corrected chi connectivity index (χ2v) is 16.7. The maximum absolute atomic E-state index is 14.6. The molecule has 2 aromatic carbocycles. The second kappa shape index (κ2) is 15.1. The van der Waals surface area contributed by atoms with E-state index in [9.17, 15) is 19.0 Å². The van der Waals surface area contributed by atoms with Crippen LogP contribution in [-0.2, 0) is 18.3 Å². The van der Waals surface area contributed by atoms with Gasteiger partial charge in [-0.15, -0.1) is 0 Å². The van der Waals surface area contributed by atoms with Crippen molar-refractivity contribution in [2.45, 2.75) is 109 Å². The molecule has 3 aromatic rings. The van der Waals surface area contributed by atoms with Gasteiger partial charge in [-0.25, -0.2) is 8.78 Å². The Hall–Kier alpha value is -4.25. The summed E-state index contributed by atoms with van der Waals surface area (Å²) < 4.78 is 37.0. The summed E-state index contributed by atoms with van der Waals surface area (Å²) in [6.07, 6.45) is 12.8. The van der Waals surface area contributed by atoms with Gasteiger partial charge in [0.2, 0.25) is 5.91 Å². The lowest BCUT2D eigenvalue weighted by atomic mass is 9.58. The minimum Gasteiger partial charge on any atom is -0.490 e. The standard InChI is InChI=1S/C43H55F2N7O2/c1-28-6-8-34(9-7-28)54-35-23-43(24-35)15-10-33(11-16-43)50-18-12-32(13-19-50)48-39-14-20-51(29(2)53)27-38(39)42(46)52-17-4-5-30-21-36(31-25-47-49(3)26-31)37(41(44)45)22-40(30)52/h6-9,21-22,25-26,32-33,35,41,46,48H,4-5,10-20,23-24,27H2,1-3H3. The zero-order valence-corrected chi connectivity index (χ0v) is 32.1. The first-order chi connectivity index (χ1) is 26.0. The van der Waals surface area contributed by atoms with E-state index < -0.39 is 6.43 Å². The molecule has 3 aliphatic heterocycles. The molecule has 1 aromatic heterocycles. The maximum Gasteiger partial charge on any atom is 0.264 e. The van der Waals surface area contributed by atoms with Gasteiger partial charge in [0.15, 0.2) is 0 Å². The van der Waals surface area contributed by atoms with Crippen LogP contribution in [0, 0.1) is 17.7 Å². The topological polar surface area (TPSA) is 89.7 Å². The number of fused-ring (bicyclic) bond motifs is 1. The zero-order valence-electron chi connectivity index (χ0n) is 32.1. The number of nitrogens with one attached hydrogen (secondary N) is 2. The average Bonchev–Trinajstić information content (AvgIpc) is 3.60. The molecule has 0 atom stereocenters. The minimum absolute atomic E-state index is 0.0155. The molecule has 0 bridgehead atoms. The van der Waals surface area contributed by atoms with Gasteiger partial charge in [0.25, 0.3) is 6.43 Å². The first kappa shape index (κ1) is 36.7. The number of carbonyl (C=O) groups excluding carboxylic acids is 1. The second-order valence-electron chi connectivity index (χ2n) is 16.7. The highest BCUT2D eigenvalue weighted by Gasteiger charge is 2.48. The van der Waals surface area contributed by atoms with Crippen LogP contribution in [0.15, 0.2) is 60.1 Å². The predicted molar refractivity (Wildman–Crippen MR) is 208 cm³/mol. The largest absolute Gasteiger partial charge is 0.490 e. The fourth-order valence-electron chi connectivity index (χ4n) is 9.89. The van der Waals surface area contributed by atoms with Gasteiger partial charge in [-0.2, -0.15) is 5.10 Å². The van der Waals surface area contributed by atoms with Crippen LogP contribution in [-0.4, -0.2) is 82.2 Å². The maximum atomic E-state index is 14.6.